The number of ether oxygens (including phenoxy) is 1. The summed E-state index contributed by atoms with van der Waals surface area (Å²) in [6, 6.07) is 8.17. The number of methoxy groups -OCH3 is 1. The molecule has 2 rings (SSSR count). The lowest BCUT2D eigenvalue weighted by molar-refractivity contribution is -0.123. The van der Waals surface area contributed by atoms with Gasteiger partial charge in [-0.1, -0.05) is 24.3 Å². The summed E-state index contributed by atoms with van der Waals surface area (Å²) in [5.74, 6) is 0.0876. The van der Waals surface area contributed by atoms with E-state index in [0.717, 1.165) is 26.1 Å². The summed E-state index contributed by atoms with van der Waals surface area (Å²) in [7, 11) is 3.72. The Morgan fingerprint density at radius 1 is 1.38 bits per heavy atom. The molecule has 1 aliphatic heterocycles. The van der Waals surface area contributed by atoms with Crippen molar-refractivity contribution in [3.8, 4) is 0 Å². The Balaban J connectivity index is 1.72. The summed E-state index contributed by atoms with van der Waals surface area (Å²) in [6.45, 7) is 3.85. The molecule has 0 saturated carbocycles. The maximum Gasteiger partial charge on any atom is 0.237 e. The predicted octanol–water partition coefficient (Wildman–Crippen LogP) is 0.395. The fraction of sp³-hybridized carbons (Fsp3) is 0.562. The highest BCUT2D eigenvalue weighted by Crippen LogP contribution is 2.16. The Kier molecular flexibility index (Phi) is 6.17. The van der Waals surface area contributed by atoms with Crippen molar-refractivity contribution in [3.63, 3.8) is 0 Å². The topological polar surface area (TPSA) is 53.6 Å². The average Bonchev–Trinajstić information content (AvgIpc) is 2.52. The van der Waals surface area contributed by atoms with Crippen molar-refractivity contribution in [3.05, 3.63) is 35.4 Å². The van der Waals surface area contributed by atoms with E-state index >= 15 is 0 Å². The van der Waals surface area contributed by atoms with Crippen LogP contribution >= 0.6 is 0 Å². The molecule has 0 aliphatic carbocycles. The van der Waals surface area contributed by atoms with Crippen LogP contribution < -0.4 is 10.6 Å². The van der Waals surface area contributed by atoms with Crippen molar-refractivity contribution in [2.24, 2.45) is 0 Å². The maximum atomic E-state index is 12.2. The first-order valence-corrected chi connectivity index (χ1v) is 7.46. The molecule has 1 aromatic carbocycles. The van der Waals surface area contributed by atoms with Gasteiger partial charge in [0.15, 0.2) is 0 Å². The third-order valence-electron chi connectivity index (χ3n) is 3.87. The largest absolute Gasteiger partial charge is 0.383 e. The molecule has 21 heavy (non-hydrogen) atoms. The number of rotatable bonds is 7. The lowest BCUT2D eigenvalue weighted by Gasteiger charge is -2.25. The van der Waals surface area contributed by atoms with Crippen molar-refractivity contribution < 1.29 is 9.53 Å². The number of fused-ring (bicyclic) bond motifs is 1. The van der Waals surface area contributed by atoms with E-state index in [2.05, 4.69) is 27.7 Å². The van der Waals surface area contributed by atoms with Gasteiger partial charge in [0.25, 0.3) is 0 Å². The van der Waals surface area contributed by atoms with Gasteiger partial charge >= 0.3 is 0 Å². The van der Waals surface area contributed by atoms with Gasteiger partial charge in [-0.3, -0.25) is 4.79 Å². The first kappa shape index (κ1) is 15.9. The Morgan fingerprint density at radius 3 is 2.90 bits per heavy atom. The van der Waals surface area contributed by atoms with E-state index in [1.807, 2.05) is 19.2 Å². The lowest BCUT2D eigenvalue weighted by atomic mass is 9.95. The van der Waals surface area contributed by atoms with Crippen LogP contribution in [-0.2, 0) is 22.5 Å². The molecule has 1 aliphatic rings. The molecule has 0 fully saturated rings. The Hall–Kier alpha value is -1.43. The monoisotopic (exact) mass is 291 g/mol. The first-order chi connectivity index (χ1) is 10.2. The van der Waals surface area contributed by atoms with Crippen LogP contribution in [0.4, 0.5) is 0 Å². The molecule has 5 nitrogen and oxygen atoms in total. The first-order valence-electron chi connectivity index (χ1n) is 7.46. The fourth-order valence-corrected chi connectivity index (χ4v) is 2.49. The van der Waals surface area contributed by atoms with Gasteiger partial charge in [0.1, 0.15) is 0 Å². The van der Waals surface area contributed by atoms with Crippen LogP contribution in [0.25, 0.3) is 0 Å². The molecule has 0 aromatic heterocycles. The molecule has 5 heteroatoms. The van der Waals surface area contributed by atoms with Crippen LogP contribution in [0.5, 0.6) is 0 Å². The zero-order valence-electron chi connectivity index (χ0n) is 12.9. The molecule has 1 heterocycles. The standard InChI is InChI=1S/C16H25N3O2/c1-19(9-10-21-2)8-7-17-16(20)15-11-13-5-3-4-6-14(13)12-18-15/h3-6,15,18H,7-12H2,1-2H3,(H,17,20)/t15-/m0/s1. The quantitative estimate of drug-likeness (QED) is 0.763. The second-order valence-corrected chi connectivity index (χ2v) is 5.49. The summed E-state index contributed by atoms with van der Waals surface area (Å²) in [5, 5.41) is 6.31. The molecular weight excluding hydrogens is 266 g/mol. The van der Waals surface area contributed by atoms with Crippen molar-refractivity contribution in [1.82, 2.24) is 15.5 Å². The highest BCUT2D eigenvalue weighted by Gasteiger charge is 2.23. The van der Waals surface area contributed by atoms with Gasteiger partial charge in [-0.25, -0.2) is 0 Å². The zero-order valence-corrected chi connectivity index (χ0v) is 12.9. The van der Waals surface area contributed by atoms with E-state index in [-0.39, 0.29) is 11.9 Å². The van der Waals surface area contributed by atoms with Gasteiger partial charge in [0, 0.05) is 33.3 Å². The molecule has 1 amide bonds. The van der Waals surface area contributed by atoms with Crippen LogP contribution in [0.2, 0.25) is 0 Å². The number of likely N-dealkylation sites (N-methyl/N-ethyl adjacent to an activating group) is 1. The molecule has 0 unspecified atom stereocenters. The lowest BCUT2D eigenvalue weighted by Crippen LogP contribution is -2.49. The Labute approximate surface area is 126 Å². The molecule has 2 N–H and O–H groups in total. The number of nitrogens with one attached hydrogen (secondary N) is 2. The summed E-state index contributed by atoms with van der Waals surface area (Å²) >= 11 is 0. The molecule has 0 saturated heterocycles. The molecular formula is C16H25N3O2. The number of hydrogen-bond acceptors (Lipinski definition) is 4. The second-order valence-electron chi connectivity index (χ2n) is 5.49. The van der Waals surface area contributed by atoms with E-state index in [0.29, 0.717) is 13.2 Å². The smallest absolute Gasteiger partial charge is 0.237 e. The van der Waals surface area contributed by atoms with Crippen LogP contribution in [0, 0.1) is 0 Å². The minimum absolute atomic E-state index is 0.0876. The van der Waals surface area contributed by atoms with Gasteiger partial charge in [-0.15, -0.1) is 0 Å². The third kappa shape index (κ3) is 4.81. The predicted molar refractivity (Wildman–Crippen MR) is 83.2 cm³/mol. The summed E-state index contributed by atoms with van der Waals surface area (Å²) < 4.78 is 5.03. The van der Waals surface area contributed by atoms with Gasteiger partial charge in [-0.05, 0) is 24.6 Å². The van der Waals surface area contributed by atoms with E-state index in [4.69, 9.17) is 4.74 Å². The van der Waals surface area contributed by atoms with Crippen LogP contribution in [0.15, 0.2) is 24.3 Å². The van der Waals surface area contributed by atoms with E-state index in [1.165, 1.54) is 11.1 Å². The number of carbonyl (C=O) groups excluding carboxylic acids is 1. The van der Waals surface area contributed by atoms with Crippen molar-refractivity contribution >= 4 is 5.91 Å². The molecule has 0 spiro atoms. The second kappa shape index (κ2) is 8.12. The normalized spacial score (nSPS) is 17.6. The highest BCUT2D eigenvalue weighted by molar-refractivity contribution is 5.82. The number of hydrogen-bond donors (Lipinski definition) is 2. The highest BCUT2D eigenvalue weighted by atomic mass is 16.5. The number of benzene rings is 1. The third-order valence-corrected chi connectivity index (χ3v) is 3.87. The summed E-state index contributed by atoms with van der Waals surface area (Å²) in [5.41, 5.74) is 2.56. The number of carbonyl (C=O) groups is 1. The molecule has 1 aromatic rings. The van der Waals surface area contributed by atoms with E-state index in [1.54, 1.807) is 7.11 Å². The number of amides is 1. The average molecular weight is 291 g/mol. The maximum absolute atomic E-state index is 12.2. The SMILES string of the molecule is COCCN(C)CCNC(=O)[C@@H]1Cc2ccccc2CN1. The number of nitrogens with zero attached hydrogens (tertiary/aromatic N) is 1. The zero-order chi connectivity index (χ0) is 15.1. The van der Waals surface area contributed by atoms with Gasteiger partial charge in [-0.2, -0.15) is 0 Å². The van der Waals surface area contributed by atoms with Crippen molar-refractivity contribution in [1.29, 1.82) is 0 Å². The van der Waals surface area contributed by atoms with Crippen molar-refractivity contribution in [2.75, 3.05) is 40.4 Å². The van der Waals surface area contributed by atoms with Crippen molar-refractivity contribution in [2.45, 2.75) is 19.0 Å². The van der Waals surface area contributed by atoms with E-state index in [9.17, 15) is 4.79 Å². The van der Waals surface area contributed by atoms with Gasteiger partial charge in [0.2, 0.25) is 5.91 Å². The van der Waals surface area contributed by atoms with Crippen LogP contribution in [-0.4, -0.2) is 57.2 Å². The minimum Gasteiger partial charge on any atom is -0.383 e. The fourth-order valence-electron chi connectivity index (χ4n) is 2.49. The van der Waals surface area contributed by atoms with Gasteiger partial charge in [0.05, 0.1) is 12.6 Å². The summed E-state index contributed by atoms with van der Waals surface area (Å²) in [6.07, 6.45) is 0.765. The molecule has 1 atom stereocenters. The molecule has 0 bridgehead atoms. The van der Waals surface area contributed by atoms with Crippen LogP contribution in [0.1, 0.15) is 11.1 Å². The Bertz CT molecular complexity index is 465. The van der Waals surface area contributed by atoms with Gasteiger partial charge < -0.3 is 20.3 Å². The van der Waals surface area contributed by atoms with Crippen LogP contribution in [0.3, 0.4) is 0 Å². The Morgan fingerprint density at radius 2 is 2.14 bits per heavy atom. The minimum atomic E-state index is -0.121. The van der Waals surface area contributed by atoms with E-state index < -0.39 is 0 Å². The summed E-state index contributed by atoms with van der Waals surface area (Å²) in [4.78, 5) is 14.3. The molecule has 0 radical (unpaired) electrons. The molecule has 116 valence electrons.